The lowest BCUT2D eigenvalue weighted by Gasteiger charge is -2.21. The molecule has 4 rings (SSSR count). The Morgan fingerprint density at radius 3 is 2.85 bits per heavy atom. The number of nitrogens with one attached hydrogen (secondary N) is 1. The van der Waals surface area contributed by atoms with Crippen LogP contribution < -0.4 is 20.5 Å². The smallest absolute Gasteiger partial charge is 0.257 e. The van der Waals surface area contributed by atoms with Gasteiger partial charge in [-0.25, -0.2) is 4.98 Å². The second-order valence-corrected chi connectivity index (χ2v) is 6.21. The van der Waals surface area contributed by atoms with Gasteiger partial charge in [0.05, 0.1) is 17.3 Å². The van der Waals surface area contributed by atoms with Gasteiger partial charge >= 0.3 is 0 Å². The van der Waals surface area contributed by atoms with Crippen molar-refractivity contribution in [2.24, 2.45) is 0 Å². The average molecular weight is 353 g/mol. The van der Waals surface area contributed by atoms with E-state index in [9.17, 15) is 4.79 Å². The van der Waals surface area contributed by atoms with E-state index in [-0.39, 0.29) is 23.3 Å². The summed E-state index contributed by atoms with van der Waals surface area (Å²) in [6.45, 7) is 4.80. The number of ether oxygens (including phenoxy) is 2. The van der Waals surface area contributed by atoms with Crippen LogP contribution in [0.3, 0.4) is 0 Å². The Labute approximate surface area is 149 Å². The number of aryl methyl sites for hydroxylation is 1. The Hall–Kier alpha value is -3.29. The van der Waals surface area contributed by atoms with Gasteiger partial charge in [0.2, 0.25) is 0 Å². The first-order valence-corrected chi connectivity index (χ1v) is 8.34. The zero-order chi connectivity index (χ0) is 18.3. The minimum absolute atomic E-state index is 0.243. The highest BCUT2D eigenvalue weighted by molar-refractivity contribution is 5.98. The number of nitrogen functional groups attached to an aromatic ring is 1. The molecule has 8 heteroatoms. The molecule has 3 aromatic rings. The molecule has 26 heavy (non-hydrogen) atoms. The molecule has 8 nitrogen and oxygen atoms in total. The number of benzene rings is 1. The largest absolute Gasteiger partial charge is 0.486 e. The van der Waals surface area contributed by atoms with Gasteiger partial charge < -0.3 is 20.5 Å². The van der Waals surface area contributed by atoms with E-state index in [1.165, 1.54) is 10.7 Å². The van der Waals surface area contributed by atoms with Crippen LogP contribution in [0.2, 0.25) is 0 Å². The van der Waals surface area contributed by atoms with Crippen molar-refractivity contribution in [3.63, 3.8) is 0 Å². The van der Waals surface area contributed by atoms with E-state index in [0.717, 1.165) is 11.3 Å². The molecule has 0 radical (unpaired) electrons. The van der Waals surface area contributed by atoms with Gasteiger partial charge in [-0.3, -0.25) is 4.79 Å². The molecular weight excluding hydrogens is 334 g/mol. The standard InChI is InChI=1S/C18H19N5O3/c1-10-7-16-20-9-13(17(19)23(16)22-10)18(24)21-11(2)12-3-4-14-15(8-12)26-6-5-25-14/h3-4,7-9,11H,5-6,19H2,1-2H3,(H,21,24)/t11-/m0/s1. The Balaban J connectivity index is 1.57. The zero-order valence-electron chi connectivity index (χ0n) is 14.5. The summed E-state index contributed by atoms with van der Waals surface area (Å²) in [5.41, 5.74) is 8.68. The number of anilines is 1. The fourth-order valence-corrected chi connectivity index (χ4v) is 2.93. The maximum atomic E-state index is 12.7. The fourth-order valence-electron chi connectivity index (χ4n) is 2.93. The molecule has 2 aromatic heterocycles. The molecule has 134 valence electrons. The van der Waals surface area contributed by atoms with E-state index in [4.69, 9.17) is 15.2 Å². The summed E-state index contributed by atoms with van der Waals surface area (Å²) in [5, 5.41) is 7.20. The third kappa shape index (κ3) is 2.79. The van der Waals surface area contributed by atoms with Gasteiger partial charge in [0.1, 0.15) is 19.0 Å². The van der Waals surface area contributed by atoms with E-state index < -0.39 is 0 Å². The normalized spacial score (nSPS) is 14.2. The summed E-state index contributed by atoms with van der Waals surface area (Å²) in [5.74, 6) is 1.35. The van der Waals surface area contributed by atoms with E-state index in [0.29, 0.717) is 30.4 Å². The molecule has 3 N–H and O–H groups in total. The molecule has 0 unspecified atom stereocenters. The van der Waals surface area contributed by atoms with Crippen LogP contribution in [0.15, 0.2) is 30.5 Å². The summed E-state index contributed by atoms with van der Waals surface area (Å²) in [4.78, 5) is 16.9. The molecule has 1 atom stereocenters. The van der Waals surface area contributed by atoms with Crippen LogP contribution >= 0.6 is 0 Å². The van der Waals surface area contributed by atoms with E-state index in [1.807, 2.05) is 32.0 Å². The summed E-state index contributed by atoms with van der Waals surface area (Å²) in [6, 6.07) is 7.19. The molecule has 0 aliphatic carbocycles. The number of nitrogens with two attached hydrogens (primary N) is 1. The van der Waals surface area contributed by atoms with Crippen LogP contribution in [0.4, 0.5) is 5.82 Å². The van der Waals surface area contributed by atoms with Gasteiger partial charge in [-0.15, -0.1) is 0 Å². The predicted octanol–water partition coefficient (Wildman–Crippen LogP) is 1.88. The summed E-state index contributed by atoms with van der Waals surface area (Å²) >= 11 is 0. The minimum atomic E-state index is -0.313. The van der Waals surface area contributed by atoms with E-state index in [1.54, 1.807) is 6.07 Å². The molecule has 1 aliphatic heterocycles. The van der Waals surface area contributed by atoms with Crippen LogP contribution in [0.5, 0.6) is 11.5 Å². The number of hydrogen-bond acceptors (Lipinski definition) is 6. The molecule has 0 bridgehead atoms. The second kappa shape index (κ2) is 6.21. The van der Waals surface area contributed by atoms with Gasteiger partial charge in [-0.05, 0) is 31.5 Å². The number of fused-ring (bicyclic) bond motifs is 2. The topological polar surface area (TPSA) is 104 Å². The predicted molar refractivity (Wildman–Crippen MR) is 95.4 cm³/mol. The highest BCUT2D eigenvalue weighted by atomic mass is 16.6. The maximum absolute atomic E-state index is 12.7. The van der Waals surface area contributed by atoms with Crippen molar-refractivity contribution in [3.8, 4) is 11.5 Å². The fraction of sp³-hybridized carbons (Fsp3) is 0.278. The highest BCUT2D eigenvalue weighted by Gasteiger charge is 2.19. The molecule has 0 saturated carbocycles. The number of hydrogen-bond donors (Lipinski definition) is 2. The van der Waals surface area contributed by atoms with E-state index >= 15 is 0 Å². The van der Waals surface area contributed by atoms with Crippen LogP contribution in [-0.2, 0) is 0 Å². The Morgan fingerprint density at radius 2 is 2.04 bits per heavy atom. The number of rotatable bonds is 3. The van der Waals surface area contributed by atoms with Gasteiger partial charge in [0.15, 0.2) is 17.1 Å². The van der Waals surface area contributed by atoms with Crippen molar-refractivity contribution in [2.45, 2.75) is 19.9 Å². The number of carbonyl (C=O) groups is 1. The quantitative estimate of drug-likeness (QED) is 0.745. The minimum Gasteiger partial charge on any atom is -0.486 e. The van der Waals surface area contributed by atoms with Gasteiger partial charge in [0.25, 0.3) is 5.91 Å². The van der Waals surface area contributed by atoms with Crippen molar-refractivity contribution >= 4 is 17.4 Å². The Morgan fingerprint density at radius 1 is 1.27 bits per heavy atom. The Bertz CT molecular complexity index is 998. The molecule has 1 aliphatic rings. The molecule has 1 aromatic carbocycles. The lowest BCUT2D eigenvalue weighted by atomic mass is 10.1. The number of aromatic nitrogens is 3. The number of nitrogens with zero attached hydrogens (tertiary/aromatic N) is 3. The van der Waals surface area contributed by atoms with Crippen LogP contribution in [0, 0.1) is 6.92 Å². The SMILES string of the molecule is Cc1cc2ncc(C(=O)N[C@@H](C)c3ccc4c(c3)OCCO4)c(N)n2n1. The van der Waals surface area contributed by atoms with Crippen LogP contribution in [-0.4, -0.2) is 33.7 Å². The third-order valence-corrected chi connectivity index (χ3v) is 4.30. The summed E-state index contributed by atoms with van der Waals surface area (Å²) in [7, 11) is 0. The molecule has 0 fully saturated rings. The first-order chi connectivity index (χ1) is 12.5. The monoisotopic (exact) mass is 353 g/mol. The van der Waals surface area contributed by atoms with Crippen LogP contribution in [0.1, 0.15) is 34.6 Å². The van der Waals surface area contributed by atoms with Crippen molar-refractivity contribution in [3.05, 3.63) is 47.3 Å². The van der Waals surface area contributed by atoms with Crippen molar-refractivity contribution in [1.82, 2.24) is 19.9 Å². The zero-order valence-corrected chi connectivity index (χ0v) is 14.5. The lowest BCUT2D eigenvalue weighted by Crippen LogP contribution is -2.28. The number of carbonyl (C=O) groups excluding carboxylic acids is 1. The molecule has 0 saturated heterocycles. The Kier molecular flexibility index (Phi) is 3.87. The van der Waals surface area contributed by atoms with Crippen LogP contribution in [0.25, 0.3) is 5.65 Å². The molecule has 3 heterocycles. The maximum Gasteiger partial charge on any atom is 0.257 e. The average Bonchev–Trinajstić information content (AvgIpc) is 3.02. The van der Waals surface area contributed by atoms with Gasteiger partial charge in [0, 0.05) is 12.3 Å². The first-order valence-electron chi connectivity index (χ1n) is 8.34. The van der Waals surface area contributed by atoms with Crippen molar-refractivity contribution < 1.29 is 14.3 Å². The van der Waals surface area contributed by atoms with E-state index in [2.05, 4.69) is 15.4 Å². The molecule has 1 amide bonds. The van der Waals surface area contributed by atoms with Crippen molar-refractivity contribution in [1.29, 1.82) is 0 Å². The van der Waals surface area contributed by atoms with Gasteiger partial charge in [-0.2, -0.15) is 9.61 Å². The lowest BCUT2D eigenvalue weighted by molar-refractivity contribution is 0.0940. The van der Waals surface area contributed by atoms with Gasteiger partial charge in [-0.1, -0.05) is 6.07 Å². The first kappa shape index (κ1) is 16.2. The summed E-state index contributed by atoms with van der Waals surface area (Å²) < 4.78 is 12.6. The third-order valence-electron chi connectivity index (χ3n) is 4.30. The van der Waals surface area contributed by atoms with Crippen molar-refractivity contribution in [2.75, 3.05) is 18.9 Å². The second-order valence-electron chi connectivity index (χ2n) is 6.21. The molecule has 0 spiro atoms. The number of amides is 1. The highest BCUT2D eigenvalue weighted by Crippen LogP contribution is 2.32. The molecular formula is C18H19N5O3. The summed E-state index contributed by atoms with van der Waals surface area (Å²) in [6.07, 6.45) is 1.47.